The zero-order valence-electron chi connectivity index (χ0n) is 12.0. The highest BCUT2D eigenvalue weighted by atomic mass is 15.0. The lowest BCUT2D eigenvalue weighted by Crippen LogP contribution is -2.19. The number of benzene rings is 1. The maximum absolute atomic E-state index is 4.73. The van der Waals surface area contributed by atoms with Gasteiger partial charge in [0.25, 0.3) is 0 Å². The van der Waals surface area contributed by atoms with E-state index in [9.17, 15) is 0 Å². The van der Waals surface area contributed by atoms with Crippen molar-refractivity contribution in [3.8, 4) is 0 Å². The van der Waals surface area contributed by atoms with Gasteiger partial charge < -0.3 is 5.32 Å². The Bertz CT molecular complexity index is 617. The van der Waals surface area contributed by atoms with Gasteiger partial charge in [-0.1, -0.05) is 12.1 Å². The molecule has 2 saturated carbocycles. The fraction of sp³-hybridized carbons (Fsp3) is 0.529. The number of para-hydroxylation sites is 2. The van der Waals surface area contributed by atoms with Crippen molar-refractivity contribution in [1.29, 1.82) is 0 Å². The minimum atomic E-state index is 0.864. The smallest absolute Gasteiger partial charge is 0.148 e. The molecular formula is C17H21N3. The van der Waals surface area contributed by atoms with Crippen LogP contribution in [0.15, 0.2) is 24.3 Å². The van der Waals surface area contributed by atoms with E-state index in [4.69, 9.17) is 4.98 Å². The van der Waals surface area contributed by atoms with Gasteiger partial charge in [-0.05, 0) is 62.5 Å². The number of rotatable bonds is 5. The van der Waals surface area contributed by atoms with Crippen LogP contribution in [0.25, 0.3) is 11.0 Å². The molecule has 0 aliphatic heterocycles. The molecule has 1 aromatic heterocycles. The summed E-state index contributed by atoms with van der Waals surface area (Å²) in [6.07, 6.45) is 5.74. The number of fused-ring (bicyclic) bond motifs is 1. The number of nitrogens with zero attached hydrogens (tertiary/aromatic N) is 2. The number of anilines is 1. The second-order valence-corrected chi connectivity index (χ2v) is 6.37. The molecule has 0 amide bonds. The Balaban J connectivity index is 1.53. The quantitative estimate of drug-likeness (QED) is 0.895. The van der Waals surface area contributed by atoms with Gasteiger partial charge in [0.1, 0.15) is 5.82 Å². The molecule has 3 heteroatoms. The molecule has 2 aliphatic carbocycles. The van der Waals surface area contributed by atoms with Crippen LogP contribution < -0.4 is 5.32 Å². The highest BCUT2D eigenvalue weighted by Gasteiger charge is 2.41. The molecular weight excluding hydrogens is 246 g/mol. The van der Waals surface area contributed by atoms with Crippen molar-refractivity contribution in [2.75, 3.05) is 11.9 Å². The fourth-order valence-electron chi connectivity index (χ4n) is 3.24. The number of hydrogen-bond acceptors (Lipinski definition) is 3. The Morgan fingerprint density at radius 3 is 2.25 bits per heavy atom. The zero-order valence-corrected chi connectivity index (χ0v) is 12.0. The second kappa shape index (κ2) is 4.72. The van der Waals surface area contributed by atoms with Gasteiger partial charge >= 0.3 is 0 Å². The first-order valence-corrected chi connectivity index (χ1v) is 7.78. The van der Waals surface area contributed by atoms with E-state index >= 15 is 0 Å². The van der Waals surface area contributed by atoms with E-state index in [0.29, 0.717) is 0 Å². The van der Waals surface area contributed by atoms with Crippen LogP contribution in [-0.4, -0.2) is 16.5 Å². The van der Waals surface area contributed by atoms with Crippen molar-refractivity contribution < 1.29 is 0 Å². The average molecular weight is 267 g/mol. The normalized spacial score (nSPS) is 18.7. The van der Waals surface area contributed by atoms with Gasteiger partial charge in [0.15, 0.2) is 0 Å². The zero-order chi connectivity index (χ0) is 13.5. The lowest BCUT2D eigenvalue weighted by atomic mass is 9.98. The Labute approximate surface area is 119 Å². The van der Waals surface area contributed by atoms with Crippen LogP contribution in [-0.2, 0) is 0 Å². The largest absolute Gasteiger partial charge is 0.368 e. The van der Waals surface area contributed by atoms with Crippen LogP contribution in [0.2, 0.25) is 0 Å². The third-order valence-corrected chi connectivity index (χ3v) is 4.71. The lowest BCUT2D eigenvalue weighted by molar-refractivity contribution is 0.427. The van der Waals surface area contributed by atoms with Crippen LogP contribution in [0.3, 0.4) is 0 Å². The van der Waals surface area contributed by atoms with E-state index in [1.807, 2.05) is 31.2 Å². The van der Waals surface area contributed by atoms with Gasteiger partial charge in [0.05, 0.1) is 16.7 Å². The monoisotopic (exact) mass is 267 g/mol. The second-order valence-electron chi connectivity index (χ2n) is 6.37. The molecule has 0 spiro atoms. The molecule has 2 fully saturated rings. The van der Waals surface area contributed by atoms with Crippen molar-refractivity contribution in [2.45, 2.75) is 32.6 Å². The van der Waals surface area contributed by atoms with E-state index in [2.05, 4.69) is 10.3 Å². The molecule has 1 aromatic carbocycles. The van der Waals surface area contributed by atoms with Gasteiger partial charge in [0, 0.05) is 6.54 Å². The van der Waals surface area contributed by atoms with Crippen LogP contribution in [0, 0.1) is 24.7 Å². The van der Waals surface area contributed by atoms with Crippen molar-refractivity contribution in [1.82, 2.24) is 9.97 Å². The van der Waals surface area contributed by atoms with E-state index < -0.39 is 0 Å². The molecule has 104 valence electrons. The average Bonchev–Trinajstić information content (AvgIpc) is 3.33. The molecule has 1 heterocycles. The summed E-state index contributed by atoms with van der Waals surface area (Å²) >= 11 is 0. The first-order valence-electron chi connectivity index (χ1n) is 7.78. The summed E-state index contributed by atoms with van der Waals surface area (Å²) in [6.45, 7) is 3.12. The van der Waals surface area contributed by atoms with Crippen molar-refractivity contribution in [3.05, 3.63) is 30.0 Å². The Hall–Kier alpha value is -1.64. The molecule has 4 rings (SSSR count). The SMILES string of the molecule is Cc1nc2ccccc2nc1NCC(C1CC1)C1CC1. The molecule has 2 aliphatic rings. The fourth-order valence-corrected chi connectivity index (χ4v) is 3.24. The molecule has 1 N–H and O–H groups in total. The van der Waals surface area contributed by atoms with Gasteiger partial charge in [0.2, 0.25) is 0 Å². The van der Waals surface area contributed by atoms with Crippen molar-refractivity contribution >= 4 is 16.9 Å². The highest BCUT2D eigenvalue weighted by Crippen LogP contribution is 2.49. The third-order valence-electron chi connectivity index (χ3n) is 4.71. The number of aromatic nitrogens is 2. The predicted molar refractivity (Wildman–Crippen MR) is 81.7 cm³/mol. The van der Waals surface area contributed by atoms with Crippen LogP contribution >= 0.6 is 0 Å². The van der Waals surface area contributed by atoms with E-state index in [-0.39, 0.29) is 0 Å². The summed E-state index contributed by atoms with van der Waals surface area (Å²) in [7, 11) is 0. The number of nitrogens with one attached hydrogen (secondary N) is 1. The lowest BCUT2D eigenvalue weighted by Gasteiger charge is -2.17. The standard InChI is InChI=1S/C17H21N3/c1-11-17(20-16-5-3-2-4-15(16)19-11)18-10-14(12-6-7-12)13-8-9-13/h2-5,12-14H,6-10H2,1H3,(H,18,20). The Kier molecular flexibility index (Phi) is 2.86. The molecule has 0 radical (unpaired) electrons. The van der Waals surface area contributed by atoms with E-state index in [1.54, 1.807) is 0 Å². The topological polar surface area (TPSA) is 37.8 Å². The molecule has 0 bridgehead atoms. The molecule has 2 aromatic rings. The summed E-state index contributed by atoms with van der Waals surface area (Å²) in [4.78, 5) is 9.38. The summed E-state index contributed by atoms with van der Waals surface area (Å²) in [6, 6.07) is 8.09. The molecule has 0 atom stereocenters. The summed E-state index contributed by atoms with van der Waals surface area (Å²) in [5.74, 6) is 3.78. The highest BCUT2D eigenvalue weighted by molar-refractivity contribution is 5.76. The predicted octanol–water partition coefficient (Wildman–Crippen LogP) is 3.79. The third kappa shape index (κ3) is 2.37. The first-order chi connectivity index (χ1) is 9.81. The van der Waals surface area contributed by atoms with Crippen molar-refractivity contribution in [2.24, 2.45) is 17.8 Å². The van der Waals surface area contributed by atoms with Gasteiger partial charge in [-0.2, -0.15) is 0 Å². The maximum atomic E-state index is 4.73. The molecule has 0 unspecified atom stereocenters. The minimum absolute atomic E-state index is 0.864. The molecule has 3 nitrogen and oxygen atoms in total. The number of hydrogen-bond donors (Lipinski definition) is 1. The van der Waals surface area contributed by atoms with Crippen LogP contribution in [0.5, 0.6) is 0 Å². The maximum Gasteiger partial charge on any atom is 0.148 e. The summed E-state index contributed by atoms with van der Waals surface area (Å²) in [5.41, 5.74) is 2.97. The Morgan fingerprint density at radius 2 is 1.65 bits per heavy atom. The van der Waals surface area contributed by atoms with E-state index in [0.717, 1.165) is 46.8 Å². The minimum Gasteiger partial charge on any atom is -0.368 e. The van der Waals surface area contributed by atoms with Crippen molar-refractivity contribution in [3.63, 3.8) is 0 Å². The summed E-state index contributed by atoms with van der Waals surface area (Å²) < 4.78 is 0. The Morgan fingerprint density at radius 1 is 1.05 bits per heavy atom. The van der Waals surface area contributed by atoms with Gasteiger partial charge in [-0.25, -0.2) is 9.97 Å². The van der Waals surface area contributed by atoms with Crippen LogP contribution in [0.1, 0.15) is 31.4 Å². The van der Waals surface area contributed by atoms with Gasteiger partial charge in [-0.15, -0.1) is 0 Å². The molecule has 0 saturated heterocycles. The van der Waals surface area contributed by atoms with Gasteiger partial charge in [-0.3, -0.25) is 0 Å². The number of aryl methyl sites for hydroxylation is 1. The first kappa shape index (κ1) is 12.1. The van der Waals surface area contributed by atoms with Crippen LogP contribution in [0.4, 0.5) is 5.82 Å². The molecule has 20 heavy (non-hydrogen) atoms. The van der Waals surface area contributed by atoms with E-state index in [1.165, 1.54) is 25.7 Å². The summed E-state index contributed by atoms with van der Waals surface area (Å²) in [5, 5.41) is 3.57.